The maximum absolute atomic E-state index is 11.5. The molecule has 0 aromatic heterocycles. The van der Waals surface area contributed by atoms with Gasteiger partial charge in [0.05, 0.1) is 12.6 Å². The Morgan fingerprint density at radius 3 is 2.09 bits per heavy atom. The maximum Gasteiger partial charge on any atom is 0.326 e. The van der Waals surface area contributed by atoms with Crippen molar-refractivity contribution < 1.29 is 48.9 Å². The first kappa shape index (κ1) is 53.2. The summed E-state index contributed by atoms with van der Waals surface area (Å²) in [5.41, 5.74) is 7.03. The summed E-state index contributed by atoms with van der Waals surface area (Å²) in [7, 11) is 0. The number of carboxylic acid groups (broad SMARTS) is 3. The molecule has 0 heterocycles. The molecule has 3 rings (SSSR count). The van der Waals surface area contributed by atoms with Gasteiger partial charge in [-0.25, -0.2) is 9.59 Å². The first-order valence-corrected chi connectivity index (χ1v) is 20.2. The van der Waals surface area contributed by atoms with E-state index < -0.39 is 42.9 Å². The van der Waals surface area contributed by atoms with Crippen molar-refractivity contribution in [1.82, 2.24) is 26.6 Å². The van der Waals surface area contributed by atoms with Gasteiger partial charge < -0.3 is 47.6 Å². The minimum absolute atomic E-state index is 0.00919. The Bertz CT molecular complexity index is 1440. The standard InChI is InChI=1S/C11H22N2OS.C11H10.C8H12N2O7.C7H14N2O2.C2H6/c1-15-8-10(12)11(14)13-7-9-5-3-2-4-6-9;1-9-6-7-10-4-2-3-5-11(10)8-9;11-5(12)2-1-4(7(15)16)10-8(17)9-3-6(13)14;1-2-3-4-9-7(11)5-8-6-10;1-2/h9-10H,2-8,12H2,1H3,(H,13,14);2-8H,1H3;4H,1-3H2,(H,11,12)(H,13,14)(H,15,16)(H2,9,10,17);6H,2-5H2,1H3,(H,8,10)(H,9,11);1-2H3. The number of benzene rings is 2. The number of urea groups is 1. The fraction of sp³-hybridized carbons (Fsp3) is 0.564. The molecule has 0 saturated heterocycles. The number of hydrogen-bond acceptors (Lipinski definition) is 9. The van der Waals surface area contributed by atoms with E-state index in [4.69, 9.17) is 21.1 Å². The van der Waals surface area contributed by atoms with Crippen molar-refractivity contribution >= 4 is 64.7 Å². The molecule has 5 amide bonds. The second-order valence-electron chi connectivity index (χ2n) is 12.4. The molecule has 316 valence electrons. The van der Waals surface area contributed by atoms with Gasteiger partial charge in [0.2, 0.25) is 18.2 Å². The second kappa shape index (κ2) is 34.6. The molecule has 1 fully saturated rings. The van der Waals surface area contributed by atoms with Crippen LogP contribution in [-0.4, -0.2) is 108 Å². The largest absolute Gasteiger partial charge is 0.481 e. The first-order chi connectivity index (χ1) is 26.7. The summed E-state index contributed by atoms with van der Waals surface area (Å²) >= 11 is 1.61. The van der Waals surface area contributed by atoms with Gasteiger partial charge in [-0.15, -0.1) is 0 Å². The summed E-state index contributed by atoms with van der Waals surface area (Å²) in [5.74, 6) is -2.60. The van der Waals surface area contributed by atoms with Crippen LogP contribution in [0, 0.1) is 12.8 Å². The third kappa shape index (κ3) is 29.5. The predicted octanol–water partition coefficient (Wildman–Crippen LogP) is 3.88. The summed E-state index contributed by atoms with van der Waals surface area (Å²) in [6.07, 6.45) is 10.3. The number of fused-ring (bicyclic) bond motifs is 1. The summed E-state index contributed by atoms with van der Waals surface area (Å²) in [5, 5.41) is 39.7. The summed E-state index contributed by atoms with van der Waals surface area (Å²) in [6.45, 7) is 9.10. The van der Waals surface area contributed by atoms with Crippen molar-refractivity contribution in [2.24, 2.45) is 11.7 Å². The topological polar surface area (TPSA) is 266 Å². The molecular weight excluding hydrogens is 745 g/mol. The Morgan fingerprint density at radius 1 is 0.893 bits per heavy atom. The first-order valence-electron chi connectivity index (χ1n) is 18.9. The molecule has 56 heavy (non-hydrogen) atoms. The van der Waals surface area contributed by atoms with Crippen molar-refractivity contribution in [3.63, 3.8) is 0 Å². The molecule has 0 spiro atoms. The number of unbranched alkanes of at least 4 members (excludes halogenated alkanes) is 1. The molecule has 0 radical (unpaired) electrons. The van der Waals surface area contributed by atoms with Crippen molar-refractivity contribution in [1.29, 1.82) is 0 Å². The molecule has 2 unspecified atom stereocenters. The van der Waals surface area contributed by atoms with Crippen LogP contribution in [0.15, 0.2) is 42.5 Å². The zero-order chi connectivity index (χ0) is 42.7. The molecule has 1 aliphatic rings. The molecule has 16 nitrogen and oxygen atoms in total. The normalized spacial score (nSPS) is 12.6. The van der Waals surface area contributed by atoms with E-state index >= 15 is 0 Å². The van der Waals surface area contributed by atoms with Gasteiger partial charge in [0.25, 0.3) is 0 Å². The Kier molecular flexibility index (Phi) is 32.9. The van der Waals surface area contributed by atoms with E-state index in [0.29, 0.717) is 24.6 Å². The van der Waals surface area contributed by atoms with Crippen LogP contribution < -0.4 is 32.3 Å². The van der Waals surface area contributed by atoms with Gasteiger partial charge >= 0.3 is 23.9 Å². The van der Waals surface area contributed by atoms with Crippen molar-refractivity contribution in [2.45, 2.75) is 97.6 Å². The highest BCUT2D eigenvalue weighted by Crippen LogP contribution is 2.22. The quantitative estimate of drug-likeness (QED) is 0.0768. The number of carboxylic acids is 3. The minimum Gasteiger partial charge on any atom is -0.481 e. The van der Waals surface area contributed by atoms with Crippen LogP contribution in [0.4, 0.5) is 4.79 Å². The van der Waals surface area contributed by atoms with Gasteiger partial charge in [-0.05, 0) is 55.6 Å². The van der Waals surface area contributed by atoms with Gasteiger partial charge in [-0.3, -0.25) is 24.0 Å². The van der Waals surface area contributed by atoms with Crippen molar-refractivity contribution in [3.05, 3.63) is 48.0 Å². The number of thioether (sulfide) groups is 1. The van der Waals surface area contributed by atoms with E-state index in [1.54, 1.807) is 11.8 Å². The number of hydrogen-bond donors (Lipinski definition) is 9. The molecular formula is C39H64N6O10S. The minimum atomic E-state index is -1.39. The Balaban J connectivity index is 0. The van der Waals surface area contributed by atoms with Crippen LogP contribution in [0.1, 0.15) is 84.1 Å². The lowest BCUT2D eigenvalue weighted by molar-refractivity contribution is -0.140. The van der Waals surface area contributed by atoms with Crippen LogP contribution in [0.2, 0.25) is 0 Å². The molecule has 1 aliphatic carbocycles. The maximum atomic E-state index is 11.5. The smallest absolute Gasteiger partial charge is 0.326 e. The summed E-state index contributed by atoms with van der Waals surface area (Å²) in [6, 6.07) is 12.2. The number of nitrogens with one attached hydrogen (secondary N) is 5. The van der Waals surface area contributed by atoms with Crippen LogP contribution in [0.5, 0.6) is 0 Å². The molecule has 0 bridgehead atoms. The van der Waals surface area contributed by atoms with E-state index in [2.05, 4.69) is 72.3 Å². The van der Waals surface area contributed by atoms with E-state index in [1.807, 2.05) is 30.7 Å². The number of amides is 5. The highest BCUT2D eigenvalue weighted by molar-refractivity contribution is 7.98. The number of carbonyl (C=O) groups excluding carboxylic acids is 4. The van der Waals surface area contributed by atoms with Crippen molar-refractivity contribution in [2.75, 3.05) is 38.2 Å². The van der Waals surface area contributed by atoms with Gasteiger partial charge in [0.15, 0.2) is 0 Å². The number of aliphatic carboxylic acids is 3. The highest BCUT2D eigenvalue weighted by atomic mass is 32.2. The molecule has 0 aliphatic heterocycles. The lowest BCUT2D eigenvalue weighted by Gasteiger charge is -2.22. The summed E-state index contributed by atoms with van der Waals surface area (Å²) < 4.78 is 0. The average Bonchev–Trinajstić information content (AvgIpc) is 3.18. The zero-order valence-corrected chi connectivity index (χ0v) is 34.3. The lowest BCUT2D eigenvalue weighted by atomic mass is 9.89. The van der Waals surface area contributed by atoms with E-state index in [1.165, 1.54) is 48.4 Å². The zero-order valence-electron chi connectivity index (χ0n) is 33.4. The SMILES string of the molecule is CC.CCCCNC(=O)CNC=O.CSCC(N)C(=O)NCC1CCCCC1.Cc1ccc2ccccc2c1.O=C(O)CCC(NC(=O)NCC(=O)O)C(=O)O. The molecule has 2 aromatic rings. The molecule has 2 atom stereocenters. The Labute approximate surface area is 334 Å². The molecule has 1 saturated carbocycles. The molecule has 10 N–H and O–H groups in total. The third-order valence-electron chi connectivity index (χ3n) is 7.73. The van der Waals surface area contributed by atoms with Crippen molar-refractivity contribution in [3.8, 4) is 0 Å². The van der Waals surface area contributed by atoms with E-state index in [0.717, 1.165) is 19.4 Å². The van der Waals surface area contributed by atoms with Crippen LogP contribution >= 0.6 is 11.8 Å². The summed E-state index contributed by atoms with van der Waals surface area (Å²) in [4.78, 5) is 74.0. The third-order valence-corrected chi connectivity index (χ3v) is 8.42. The van der Waals surface area contributed by atoms with Gasteiger partial charge in [-0.2, -0.15) is 11.8 Å². The van der Waals surface area contributed by atoms with Gasteiger partial charge in [0.1, 0.15) is 12.6 Å². The number of nitrogens with two attached hydrogens (primary N) is 1. The highest BCUT2D eigenvalue weighted by Gasteiger charge is 2.21. The number of rotatable bonds is 18. The van der Waals surface area contributed by atoms with Crippen LogP contribution in [-0.2, 0) is 28.8 Å². The number of aryl methyl sites for hydroxylation is 1. The number of carbonyl (C=O) groups is 7. The van der Waals surface area contributed by atoms with Crippen LogP contribution in [0.25, 0.3) is 10.8 Å². The van der Waals surface area contributed by atoms with Gasteiger partial charge in [-0.1, -0.05) is 94.5 Å². The van der Waals surface area contributed by atoms with Gasteiger partial charge in [0, 0.05) is 25.3 Å². The Morgan fingerprint density at radius 2 is 1.54 bits per heavy atom. The molecule has 2 aromatic carbocycles. The van der Waals surface area contributed by atoms with E-state index in [-0.39, 0.29) is 30.8 Å². The second-order valence-corrected chi connectivity index (χ2v) is 13.3. The van der Waals surface area contributed by atoms with E-state index in [9.17, 15) is 33.6 Å². The monoisotopic (exact) mass is 808 g/mol. The molecule has 17 heteroatoms. The average molecular weight is 809 g/mol. The lowest BCUT2D eigenvalue weighted by Crippen LogP contribution is -2.47. The fourth-order valence-corrected chi connectivity index (χ4v) is 5.33. The predicted molar refractivity (Wildman–Crippen MR) is 220 cm³/mol. The van der Waals surface area contributed by atoms with Crippen LogP contribution in [0.3, 0.4) is 0 Å². The Hall–Kier alpha value is -4.90. The fourth-order valence-electron chi connectivity index (χ4n) is 4.82.